The van der Waals surface area contributed by atoms with Crippen LogP contribution in [0.1, 0.15) is 50.2 Å². The van der Waals surface area contributed by atoms with Gasteiger partial charge in [-0.1, -0.05) is 43.9 Å². The Labute approximate surface area is 220 Å². The Hall–Kier alpha value is -3.27. The van der Waals surface area contributed by atoms with Gasteiger partial charge in [-0.15, -0.1) is 0 Å². The van der Waals surface area contributed by atoms with E-state index in [1.54, 1.807) is 31.2 Å². The van der Waals surface area contributed by atoms with E-state index in [9.17, 15) is 27.9 Å². The Bertz CT molecular complexity index is 1040. The molecule has 1 saturated carbocycles. The minimum atomic E-state index is -4.54. The van der Waals surface area contributed by atoms with Gasteiger partial charge in [-0.3, -0.25) is 0 Å². The van der Waals surface area contributed by atoms with Crippen molar-refractivity contribution in [3.63, 3.8) is 0 Å². The monoisotopic (exact) mass is 537 g/mol. The van der Waals surface area contributed by atoms with Gasteiger partial charge in [-0.2, -0.15) is 13.2 Å². The second kappa shape index (κ2) is 14.0. The normalized spacial score (nSPS) is 14.7. The quantitative estimate of drug-likeness (QED) is 0.328. The lowest BCUT2D eigenvalue weighted by molar-refractivity contribution is -0.150. The molecule has 7 nitrogen and oxygen atoms in total. The maximum Gasteiger partial charge on any atom is 0.416 e. The molecule has 1 aliphatic rings. The Morgan fingerprint density at radius 3 is 2.39 bits per heavy atom. The van der Waals surface area contributed by atoms with Crippen LogP contribution >= 0.6 is 0 Å². The lowest BCUT2D eigenvalue weighted by Gasteiger charge is -2.24. The number of carbonyl (C=O) groups is 2. The van der Waals surface area contributed by atoms with Crippen LogP contribution in [0.15, 0.2) is 48.5 Å². The standard InChI is InChI=1S/C28H34F3NO6/c1-2-36-25(26(33)34)18-21-10-12-23(13-11-21)37-17-16-32(15-14-20-6-3-4-7-20)27(35)38-24-9-5-8-22(19-24)28(29,30)31/h5,8-13,19-20,25H,2-4,6-7,14-18H2,1H3,(H,33,34). The fraction of sp³-hybridized carbons (Fsp3) is 0.500. The van der Waals surface area contributed by atoms with Crippen LogP contribution < -0.4 is 9.47 Å². The predicted octanol–water partition coefficient (Wildman–Crippen LogP) is 6.20. The summed E-state index contributed by atoms with van der Waals surface area (Å²) < 4.78 is 55.4. The van der Waals surface area contributed by atoms with Gasteiger partial charge in [-0.05, 0) is 55.2 Å². The van der Waals surface area contributed by atoms with E-state index in [0.717, 1.165) is 49.8 Å². The molecule has 2 aromatic rings. The van der Waals surface area contributed by atoms with Crippen molar-refractivity contribution in [3.8, 4) is 11.5 Å². The third kappa shape index (κ3) is 9.24. The van der Waals surface area contributed by atoms with Crippen molar-refractivity contribution < 1.29 is 42.1 Å². The first-order chi connectivity index (χ1) is 18.2. The van der Waals surface area contributed by atoms with Crippen LogP contribution in [-0.2, 0) is 22.1 Å². The van der Waals surface area contributed by atoms with Crippen LogP contribution in [0.4, 0.5) is 18.0 Å². The Kier molecular flexibility index (Phi) is 10.8. The number of halogens is 3. The highest BCUT2D eigenvalue weighted by atomic mass is 19.4. The van der Waals surface area contributed by atoms with E-state index in [2.05, 4.69) is 0 Å². The van der Waals surface area contributed by atoms with Crippen molar-refractivity contribution in [1.29, 1.82) is 0 Å². The summed E-state index contributed by atoms with van der Waals surface area (Å²) in [5.74, 6) is -0.140. The van der Waals surface area contributed by atoms with Gasteiger partial charge in [0.25, 0.3) is 0 Å². The zero-order valence-electron chi connectivity index (χ0n) is 21.4. The van der Waals surface area contributed by atoms with Crippen molar-refractivity contribution >= 4 is 12.1 Å². The molecular formula is C28H34F3NO6. The minimum absolute atomic E-state index is 0.151. The number of benzene rings is 2. The van der Waals surface area contributed by atoms with Gasteiger partial charge in [0, 0.05) is 19.6 Å². The van der Waals surface area contributed by atoms with Crippen molar-refractivity contribution in [2.75, 3.05) is 26.3 Å². The van der Waals surface area contributed by atoms with Gasteiger partial charge in [0.1, 0.15) is 18.1 Å². The van der Waals surface area contributed by atoms with E-state index in [-0.39, 0.29) is 25.3 Å². The molecule has 1 amide bonds. The highest BCUT2D eigenvalue weighted by molar-refractivity contribution is 5.72. The van der Waals surface area contributed by atoms with E-state index in [1.165, 1.54) is 17.0 Å². The molecule has 38 heavy (non-hydrogen) atoms. The van der Waals surface area contributed by atoms with Crippen LogP contribution in [0.2, 0.25) is 0 Å². The van der Waals surface area contributed by atoms with E-state index in [0.29, 0.717) is 24.8 Å². The van der Waals surface area contributed by atoms with Crippen LogP contribution in [0.3, 0.4) is 0 Å². The molecule has 1 N–H and O–H groups in total. The number of carbonyl (C=O) groups excluding carboxylic acids is 1. The number of alkyl halides is 3. The number of carboxylic acid groups (broad SMARTS) is 1. The smallest absolute Gasteiger partial charge is 0.416 e. The highest BCUT2D eigenvalue weighted by Crippen LogP contribution is 2.32. The topological polar surface area (TPSA) is 85.3 Å². The molecule has 0 aromatic heterocycles. The SMILES string of the molecule is CCOC(Cc1ccc(OCCN(CCC2CCCC2)C(=O)Oc2cccc(C(F)(F)F)c2)cc1)C(=O)O. The Morgan fingerprint density at radius 1 is 1.05 bits per heavy atom. The summed E-state index contributed by atoms with van der Waals surface area (Å²) >= 11 is 0. The summed E-state index contributed by atoms with van der Waals surface area (Å²) in [6, 6.07) is 11.2. The van der Waals surface area contributed by atoms with Crippen LogP contribution in [-0.4, -0.2) is 54.5 Å². The molecule has 0 radical (unpaired) electrons. The fourth-order valence-electron chi connectivity index (χ4n) is 4.46. The van der Waals surface area contributed by atoms with Crippen molar-refractivity contribution in [2.24, 2.45) is 5.92 Å². The molecule has 0 saturated heterocycles. The molecule has 3 rings (SSSR count). The van der Waals surface area contributed by atoms with Crippen molar-refractivity contribution in [3.05, 3.63) is 59.7 Å². The summed E-state index contributed by atoms with van der Waals surface area (Å²) in [6.45, 7) is 2.79. The lowest BCUT2D eigenvalue weighted by Crippen LogP contribution is -2.38. The zero-order valence-corrected chi connectivity index (χ0v) is 21.4. The van der Waals surface area contributed by atoms with Gasteiger partial charge in [-0.25, -0.2) is 9.59 Å². The first kappa shape index (κ1) is 29.3. The number of nitrogens with zero attached hydrogens (tertiary/aromatic N) is 1. The van der Waals surface area contributed by atoms with Gasteiger partial charge < -0.3 is 24.2 Å². The molecule has 2 aromatic carbocycles. The second-order valence-electron chi connectivity index (χ2n) is 9.30. The number of aliphatic carboxylic acids is 1. The van der Waals surface area contributed by atoms with Gasteiger partial charge in [0.05, 0.1) is 12.1 Å². The summed E-state index contributed by atoms with van der Waals surface area (Å²) in [5.41, 5.74) is -0.107. The van der Waals surface area contributed by atoms with Gasteiger partial charge in [0.15, 0.2) is 6.10 Å². The Balaban J connectivity index is 1.58. The Morgan fingerprint density at radius 2 is 1.76 bits per heavy atom. The van der Waals surface area contributed by atoms with E-state index >= 15 is 0 Å². The van der Waals surface area contributed by atoms with Crippen LogP contribution in [0, 0.1) is 5.92 Å². The largest absolute Gasteiger partial charge is 0.492 e. The number of rotatable bonds is 13. The van der Waals surface area contributed by atoms with E-state index in [4.69, 9.17) is 14.2 Å². The second-order valence-corrected chi connectivity index (χ2v) is 9.30. The molecule has 208 valence electrons. The molecule has 0 bridgehead atoms. The third-order valence-electron chi connectivity index (χ3n) is 6.52. The van der Waals surface area contributed by atoms with Crippen molar-refractivity contribution in [1.82, 2.24) is 4.90 Å². The number of hydrogen-bond donors (Lipinski definition) is 1. The molecule has 1 fully saturated rings. The number of ether oxygens (including phenoxy) is 3. The van der Waals surface area contributed by atoms with E-state index in [1.807, 2.05) is 0 Å². The third-order valence-corrected chi connectivity index (χ3v) is 6.52. The average Bonchev–Trinajstić information content (AvgIpc) is 3.40. The molecule has 10 heteroatoms. The fourth-order valence-corrected chi connectivity index (χ4v) is 4.46. The number of hydrogen-bond acceptors (Lipinski definition) is 5. The van der Waals surface area contributed by atoms with Gasteiger partial charge in [0.2, 0.25) is 0 Å². The molecule has 1 unspecified atom stereocenters. The summed E-state index contributed by atoms with van der Waals surface area (Å²) in [5, 5.41) is 9.25. The first-order valence-corrected chi connectivity index (χ1v) is 12.9. The highest BCUT2D eigenvalue weighted by Gasteiger charge is 2.31. The molecule has 0 heterocycles. The number of carboxylic acids is 1. The molecular weight excluding hydrogens is 503 g/mol. The van der Waals surface area contributed by atoms with Gasteiger partial charge >= 0.3 is 18.2 Å². The lowest BCUT2D eigenvalue weighted by atomic mass is 10.0. The summed E-state index contributed by atoms with van der Waals surface area (Å²) in [6.07, 6.45) is -0.647. The molecule has 1 aliphatic carbocycles. The van der Waals surface area contributed by atoms with Crippen LogP contribution in [0.25, 0.3) is 0 Å². The molecule has 0 aliphatic heterocycles. The average molecular weight is 538 g/mol. The summed E-state index contributed by atoms with van der Waals surface area (Å²) in [4.78, 5) is 25.6. The maximum absolute atomic E-state index is 13.0. The number of amides is 1. The zero-order chi connectivity index (χ0) is 27.5. The molecule has 0 spiro atoms. The summed E-state index contributed by atoms with van der Waals surface area (Å²) in [7, 11) is 0. The molecule has 1 atom stereocenters. The first-order valence-electron chi connectivity index (χ1n) is 12.9. The minimum Gasteiger partial charge on any atom is -0.492 e. The van der Waals surface area contributed by atoms with Crippen molar-refractivity contribution in [2.45, 2.75) is 57.7 Å². The van der Waals surface area contributed by atoms with Crippen LogP contribution in [0.5, 0.6) is 11.5 Å². The van der Waals surface area contributed by atoms with E-state index < -0.39 is 29.9 Å². The maximum atomic E-state index is 13.0. The predicted molar refractivity (Wildman–Crippen MR) is 134 cm³/mol.